The van der Waals surface area contributed by atoms with E-state index in [4.69, 9.17) is 11.6 Å². The molecular weight excluding hydrogens is 282 g/mol. The molecular formula is C17H20ClN3. The van der Waals surface area contributed by atoms with Gasteiger partial charge in [0.05, 0.1) is 0 Å². The quantitative estimate of drug-likeness (QED) is 0.812. The molecule has 4 heteroatoms. The molecule has 1 aliphatic heterocycles. The Morgan fingerprint density at radius 3 is 2.24 bits per heavy atom. The molecule has 0 aliphatic carbocycles. The van der Waals surface area contributed by atoms with Crippen LogP contribution in [-0.4, -0.2) is 48.0 Å². The van der Waals surface area contributed by atoms with E-state index in [0.29, 0.717) is 5.15 Å². The van der Waals surface area contributed by atoms with Crippen LogP contribution in [0, 0.1) is 0 Å². The fourth-order valence-corrected chi connectivity index (χ4v) is 2.73. The summed E-state index contributed by atoms with van der Waals surface area (Å²) >= 11 is 5.82. The van der Waals surface area contributed by atoms with Crippen LogP contribution in [0.5, 0.6) is 0 Å². The van der Waals surface area contributed by atoms with Crippen molar-refractivity contribution in [2.75, 3.05) is 33.2 Å². The van der Waals surface area contributed by atoms with Crippen LogP contribution in [0.4, 0.5) is 0 Å². The van der Waals surface area contributed by atoms with Gasteiger partial charge in [-0.1, -0.05) is 35.9 Å². The summed E-state index contributed by atoms with van der Waals surface area (Å²) in [4.78, 5) is 9.03. The van der Waals surface area contributed by atoms with Gasteiger partial charge in [-0.15, -0.1) is 0 Å². The molecule has 0 unspecified atom stereocenters. The van der Waals surface area contributed by atoms with Crippen LogP contribution in [0.25, 0.3) is 11.1 Å². The topological polar surface area (TPSA) is 19.4 Å². The Bertz CT molecular complexity index is 572. The van der Waals surface area contributed by atoms with Crippen LogP contribution < -0.4 is 0 Å². The van der Waals surface area contributed by atoms with E-state index in [1.54, 1.807) is 0 Å². The largest absolute Gasteiger partial charge is 0.304 e. The summed E-state index contributed by atoms with van der Waals surface area (Å²) in [5, 5.41) is 0.533. The van der Waals surface area contributed by atoms with Gasteiger partial charge < -0.3 is 4.90 Å². The van der Waals surface area contributed by atoms with Crippen molar-refractivity contribution in [1.29, 1.82) is 0 Å². The van der Waals surface area contributed by atoms with E-state index >= 15 is 0 Å². The molecule has 0 amide bonds. The second-order valence-corrected chi connectivity index (χ2v) is 6.03. The molecule has 21 heavy (non-hydrogen) atoms. The van der Waals surface area contributed by atoms with Crippen molar-refractivity contribution in [2.24, 2.45) is 0 Å². The summed E-state index contributed by atoms with van der Waals surface area (Å²) in [6.45, 7) is 5.66. The molecule has 3 nitrogen and oxygen atoms in total. The van der Waals surface area contributed by atoms with Gasteiger partial charge in [-0.3, -0.25) is 4.90 Å². The lowest BCUT2D eigenvalue weighted by Crippen LogP contribution is -2.43. The van der Waals surface area contributed by atoms with Crippen LogP contribution in [0.2, 0.25) is 5.15 Å². The van der Waals surface area contributed by atoms with Gasteiger partial charge in [-0.2, -0.15) is 0 Å². The Labute approximate surface area is 131 Å². The predicted octanol–water partition coefficient (Wildman–Crippen LogP) is 3.15. The maximum absolute atomic E-state index is 5.82. The third-order valence-electron chi connectivity index (χ3n) is 4.02. The van der Waals surface area contributed by atoms with Gasteiger partial charge in [0.1, 0.15) is 5.15 Å². The van der Waals surface area contributed by atoms with Crippen LogP contribution in [0.1, 0.15) is 5.56 Å². The van der Waals surface area contributed by atoms with Gasteiger partial charge in [-0.05, 0) is 30.3 Å². The summed E-state index contributed by atoms with van der Waals surface area (Å²) in [5.41, 5.74) is 3.65. The highest BCUT2D eigenvalue weighted by atomic mass is 35.5. The molecule has 0 saturated carbocycles. The third kappa shape index (κ3) is 3.82. The van der Waals surface area contributed by atoms with Crippen molar-refractivity contribution >= 4 is 11.6 Å². The molecule has 110 valence electrons. The molecule has 0 atom stereocenters. The van der Waals surface area contributed by atoms with E-state index in [0.717, 1.165) is 38.3 Å². The standard InChI is InChI=1S/C17H20ClN3/c1-20-8-10-21(11-9-20)13-14-2-4-15(5-3-14)16-6-7-17(18)19-12-16/h2-7,12H,8-11,13H2,1H3. The Kier molecular flexibility index (Phi) is 4.54. The maximum Gasteiger partial charge on any atom is 0.129 e. The molecule has 1 fully saturated rings. The minimum absolute atomic E-state index is 0.533. The monoisotopic (exact) mass is 301 g/mol. The molecule has 1 aliphatic rings. The van der Waals surface area contributed by atoms with E-state index in [1.165, 1.54) is 11.1 Å². The minimum atomic E-state index is 0.533. The van der Waals surface area contributed by atoms with Crippen LogP contribution in [0.15, 0.2) is 42.6 Å². The molecule has 0 N–H and O–H groups in total. The number of hydrogen-bond donors (Lipinski definition) is 0. The molecule has 3 rings (SSSR count). The highest BCUT2D eigenvalue weighted by molar-refractivity contribution is 6.29. The highest BCUT2D eigenvalue weighted by Crippen LogP contribution is 2.20. The van der Waals surface area contributed by atoms with Crippen molar-refractivity contribution in [1.82, 2.24) is 14.8 Å². The maximum atomic E-state index is 5.82. The predicted molar refractivity (Wildman–Crippen MR) is 87.5 cm³/mol. The molecule has 0 radical (unpaired) electrons. The normalized spacial score (nSPS) is 17.0. The van der Waals surface area contributed by atoms with Gasteiger partial charge in [0, 0.05) is 44.5 Å². The lowest BCUT2D eigenvalue weighted by Gasteiger charge is -2.32. The highest BCUT2D eigenvalue weighted by Gasteiger charge is 2.13. The number of hydrogen-bond acceptors (Lipinski definition) is 3. The Hall–Kier alpha value is -1.42. The second kappa shape index (κ2) is 6.56. The average Bonchev–Trinajstić information content (AvgIpc) is 2.51. The fraction of sp³-hybridized carbons (Fsp3) is 0.353. The van der Waals surface area contributed by atoms with Gasteiger partial charge in [0.25, 0.3) is 0 Å². The molecule has 2 heterocycles. The molecule has 2 aromatic rings. The molecule has 1 aromatic carbocycles. The molecule has 1 saturated heterocycles. The van der Waals surface area contributed by atoms with Gasteiger partial charge in [-0.25, -0.2) is 4.98 Å². The van der Waals surface area contributed by atoms with E-state index < -0.39 is 0 Å². The number of pyridine rings is 1. The summed E-state index contributed by atoms with van der Waals surface area (Å²) in [6.07, 6.45) is 1.82. The summed E-state index contributed by atoms with van der Waals surface area (Å²) in [5.74, 6) is 0. The van der Waals surface area contributed by atoms with Crippen molar-refractivity contribution in [3.8, 4) is 11.1 Å². The number of rotatable bonds is 3. The number of piperazine rings is 1. The Morgan fingerprint density at radius 2 is 1.62 bits per heavy atom. The van der Waals surface area contributed by atoms with Crippen molar-refractivity contribution in [2.45, 2.75) is 6.54 Å². The van der Waals surface area contributed by atoms with E-state index in [1.807, 2.05) is 18.3 Å². The van der Waals surface area contributed by atoms with E-state index in [9.17, 15) is 0 Å². The van der Waals surface area contributed by atoms with Crippen molar-refractivity contribution in [3.05, 3.63) is 53.3 Å². The van der Waals surface area contributed by atoms with Crippen LogP contribution >= 0.6 is 11.6 Å². The lowest BCUT2D eigenvalue weighted by atomic mass is 10.1. The van der Waals surface area contributed by atoms with E-state index in [-0.39, 0.29) is 0 Å². The first-order chi connectivity index (χ1) is 10.2. The number of aromatic nitrogens is 1. The van der Waals surface area contributed by atoms with Crippen LogP contribution in [-0.2, 0) is 6.54 Å². The Morgan fingerprint density at radius 1 is 0.952 bits per heavy atom. The number of benzene rings is 1. The fourth-order valence-electron chi connectivity index (χ4n) is 2.61. The summed E-state index contributed by atoms with van der Waals surface area (Å²) in [6, 6.07) is 12.6. The third-order valence-corrected chi connectivity index (χ3v) is 4.24. The smallest absolute Gasteiger partial charge is 0.129 e. The van der Waals surface area contributed by atoms with Gasteiger partial charge in [0.2, 0.25) is 0 Å². The zero-order valence-corrected chi connectivity index (χ0v) is 13.1. The SMILES string of the molecule is CN1CCN(Cc2ccc(-c3ccc(Cl)nc3)cc2)CC1. The first-order valence-electron chi connectivity index (χ1n) is 7.32. The van der Waals surface area contributed by atoms with Gasteiger partial charge >= 0.3 is 0 Å². The first kappa shape index (κ1) is 14.5. The van der Waals surface area contributed by atoms with Gasteiger partial charge in [0.15, 0.2) is 0 Å². The molecule has 0 bridgehead atoms. The van der Waals surface area contributed by atoms with Crippen molar-refractivity contribution in [3.63, 3.8) is 0 Å². The second-order valence-electron chi connectivity index (χ2n) is 5.65. The zero-order valence-electron chi connectivity index (χ0n) is 12.3. The lowest BCUT2D eigenvalue weighted by molar-refractivity contribution is 0.148. The number of halogens is 1. The first-order valence-corrected chi connectivity index (χ1v) is 7.70. The molecule has 0 spiro atoms. The molecule has 1 aromatic heterocycles. The summed E-state index contributed by atoms with van der Waals surface area (Å²) < 4.78 is 0. The zero-order chi connectivity index (χ0) is 14.7. The van der Waals surface area contributed by atoms with Crippen LogP contribution in [0.3, 0.4) is 0 Å². The number of nitrogens with zero attached hydrogens (tertiary/aromatic N) is 3. The van der Waals surface area contributed by atoms with Crippen molar-refractivity contribution < 1.29 is 0 Å². The minimum Gasteiger partial charge on any atom is -0.304 e. The summed E-state index contributed by atoms with van der Waals surface area (Å²) in [7, 11) is 2.19. The average molecular weight is 302 g/mol. The number of likely N-dealkylation sites (N-methyl/N-ethyl adjacent to an activating group) is 1. The van der Waals surface area contributed by atoms with E-state index in [2.05, 4.69) is 46.1 Å². The Balaban J connectivity index is 1.65.